The van der Waals surface area contributed by atoms with Gasteiger partial charge in [0.1, 0.15) is 0 Å². The monoisotopic (exact) mass is 404 g/mol. The molecule has 1 aromatic heterocycles. The predicted molar refractivity (Wildman–Crippen MR) is 122 cm³/mol. The van der Waals surface area contributed by atoms with Gasteiger partial charge in [-0.1, -0.05) is 66.7 Å². The molecule has 150 valence electrons. The van der Waals surface area contributed by atoms with E-state index in [1.54, 1.807) is 0 Å². The average Bonchev–Trinajstić information content (AvgIpc) is 3.46. The van der Waals surface area contributed by atoms with Crippen molar-refractivity contribution >= 4 is 10.8 Å². The highest BCUT2D eigenvalue weighted by Crippen LogP contribution is 2.39. The van der Waals surface area contributed by atoms with Crippen molar-refractivity contribution in [3.63, 3.8) is 0 Å². The van der Waals surface area contributed by atoms with E-state index < -0.39 is 0 Å². The van der Waals surface area contributed by atoms with E-state index in [0.29, 0.717) is 0 Å². The maximum Gasteiger partial charge on any atom is 0.231 e. The molecule has 31 heavy (non-hydrogen) atoms. The fourth-order valence-electron chi connectivity index (χ4n) is 4.18. The minimum atomic E-state index is 0.263. The summed E-state index contributed by atoms with van der Waals surface area (Å²) in [6, 6.07) is 31.5. The molecule has 5 aromatic rings. The molecule has 1 aliphatic rings. The van der Waals surface area contributed by atoms with Gasteiger partial charge in [0.05, 0.1) is 17.7 Å². The molecule has 4 heteroatoms. The van der Waals surface area contributed by atoms with Crippen molar-refractivity contribution in [1.82, 2.24) is 9.55 Å². The van der Waals surface area contributed by atoms with Crippen LogP contribution < -0.4 is 9.47 Å². The fraction of sp³-hybridized carbons (Fsp3) is 0.0741. The molecule has 4 nitrogen and oxygen atoms in total. The zero-order valence-electron chi connectivity index (χ0n) is 16.9. The van der Waals surface area contributed by atoms with Gasteiger partial charge >= 0.3 is 0 Å². The molecule has 6 rings (SSSR count). The number of ether oxygens (including phenoxy) is 2. The summed E-state index contributed by atoms with van der Waals surface area (Å²) >= 11 is 0. The van der Waals surface area contributed by atoms with Crippen molar-refractivity contribution in [3.05, 3.63) is 103 Å². The Hall–Kier alpha value is -4.05. The van der Waals surface area contributed by atoms with Crippen molar-refractivity contribution in [2.45, 2.75) is 6.54 Å². The van der Waals surface area contributed by atoms with E-state index >= 15 is 0 Å². The number of hydrogen-bond donors (Lipinski definition) is 0. The van der Waals surface area contributed by atoms with Crippen molar-refractivity contribution in [1.29, 1.82) is 0 Å². The van der Waals surface area contributed by atoms with E-state index in [1.807, 2.05) is 30.6 Å². The Labute approximate surface area is 180 Å². The van der Waals surface area contributed by atoms with Gasteiger partial charge in [0.2, 0.25) is 6.79 Å². The molecule has 0 aliphatic carbocycles. The van der Waals surface area contributed by atoms with Crippen molar-refractivity contribution in [3.8, 4) is 34.0 Å². The smallest absolute Gasteiger partial charge is 0.231 e. The molecular weight excluding hydrogens is 384 g/mol. The summed E-state index contributed by atoms with van der Waals surface area (Å²) in [5.41, 5.74) is 5.41. The molecular formula is C27H20N2O2. The van der Waals surface area contributed by atoms with Crippen LogP contribution in [0.25, 0.3) is 33.3 Å². The van der Waals surface area contributed by atoms with E-state index in [9.17, 15) is 0 Å². The maximum absolute atomic E-state index is 5.61. The average molecular weight is 404 g/mol. The summed E-state index contributed by atoms with van der Waals surface area (Å²) in [6.45, 7) is 1.01. The van der Waals surface area contributed by atoms with E-state index in [1.165, 1.54) is 16.3 Å². The van der Waals surface area contributed by atoms with E-state index in [0.717, 1.165) is 40.6 Å². The van der Waals surface area contributed by atoms with Crippen LogP contribution >= 0.6 is 0 Å². The van der Waals surface area contributed by atoms with Gasteiger partial charge in [-0.25, -0.2) is 4.98 Å². The highest BCUT2D eigenvalue weighted by Gasteiger charge is 2.19. The summed E-state index contributed by atoms with van der Waals surface area (Å²) in [5.74, 6) is 1.54. The Morgan fingerprint density at radius 3 is 2.39 bits per heavy atom. The molecule has 0 atom stereocenters. The predicted octanol–water partition coefficient (Wildman–Crippen LogP) is 6.15. The first-order valence-electron chi connectivity index (χ1n) is 10.3. The number of rotatable bonds is 4. The molecule has 0 saturated heterocycles. The molecule has 2 heterocycles. The van der Waals surface area contributed by atoms with E-state index in [2.05, 4.69) is 71.3 Å². The van der Waals surface area contributed by atoms with Crippen LogP contribution in [0.3, 0.4) is 0 Å². The van der Waals surface area contributed by atoms with Gasteiger partial charge < -0.3 is 14.0 Å². The van der Waals surface area contributed by atoms with Crippen LogP contribution in [0, 0.1) is 0 Å². The molecule has 0 fully saturated rings. The zero-order chi connectivity index (χ0) is 20.6. The minimum absolute atomic E-state index is 0.263. The number of fused-ring (bicyclic) bond motifs is 2. The Kier molecular flexibility index (Phi) is 4.20. The minimum Gasteiger partial charge on any atom is -0.454 e. The normalized spacial score (nSPS) is 12.4. The Bertz CT molecular complexity index is 1390. The molecule has 0 unspecified atom stereocenters. The fourth-order valence-corrected chi connectivity index (χ4v) is 4.18. The second-order valence-electron chi connectivity index (χ2n) is 7.69. The Balaban J connectivity index is 1.52. The molecule has 0 spiro atoms. The lowest BCUT2D eigenvalue weighted by molar-refractivity contribution is 0.174. The number of imidazole rings is 1. The van der Waals surface area contributed by atoms with Gasteiger partial charge in [0, 0.05) is 17.7 Å². The zero-order valence-corrected chi connectivity index (χ0v) is 16.9. The largest absolute Gasteiger partial charge is 0.454 e. The lowest BCUT2D eigenvalue weighted by Crippen LogP contribution is -2.01. The summed E-state index contributed by atoms with van der Waals surface area (Å²) in [7, 11) is 0. The first kappa shape index (κ1) is 17.8. The molecule has 0 amide bonds. The lowest BCUT2D eigenvalue weighted by Gasteiger charge is -2.12. The first-order chi connectivity index (χ1) is 15.3. The summed E-state index contributed by atoms with van der Waals surface area (Å²) < 4.78 is 13.3. The topological polar surface area (TPSA) is 36.3 Å². The van der Waals surface area contributed by atoms with Gasteiger partial charge in [-0.2, -0.15) is 0 Å². The summed E-state index contributed by atoms with van der Waals surface area (Å²) in [5, 5.41) is 2.44. The third kappa shape index (κ3) is 3.22. The lowest BCUT2D eigenvalue weighted by atomic mass is 10.0. The van der Waals surface area contributed by atoms with Crippen LogP contribution in [0.2, 0.25) is 0 Å². The van der Waals surface area contributed by atoms with E-state index in [-0.39, 0.29) is 6.79 Å². The highest BCUT2D eigenvalue weighted by atomic mass is 16.7. The molecule has 1 aliphatic heterocycles. The van der Waals surface area contributed by atoms with Gasteiger partial charge in [-0.3, -0.25) is 0 Å². The second kappa shape index (κ2) is 7.33. The molecule has 4 aromatic carbocycles. The van der Waals surface area contributed by atoms with Gasteiger partial charge in [0.25, 0.3) is 0 Å². The Morgan fingerprint density at radius 2 is 1.48 bits per heavy atom. The van der Waals surface area contributed by atoms with Gasteiger partial charge in [-0.15, -0.1) is 0 Å². The molecule has 0 N–H and O–H groups in total. The third-order valence-corrected chi connectivity index (χ3v) is 5.70. The summed E-state index contributed by atoms with van der Waals surface area (Å²) in [4.78, 5) is 4.83. The highest BCUT2D eigenvalue weighted by molar-refractivity contribution is 5.89. The third-order valence-electron chi connectivity index (χ3n) is 5.70. The van der Waals surface area contributed by atoms with Crippen molar-refractivity contribution in [2.75, 3.05) is 6.79 Å². The number of nitrogens with zero attached hydrogens (tertiary/aromatic N) is 2. The second-order valence-corrected chi connectivity index (χ2v) is 7.69. The molecule has 0 saturated carbocycles. The molecule has 0 bridgehead atoms. The summed E-state index contributed by atoms with van der Waals surface area (Å²) in [6.07, 6.45) is 1.93. The standard InChI is InChI=1S/C27H20N2O2/c1-2-6-19(7-3-1)16-29-17-28-26(22-12-13-24-25(15-22)31-18-30-24)27(29)23-11-10-20-8-4-5-9-21(20)14-23/h1-15,17H,16,18H2. The molecule has 0 radical (unpaired) electrons. The first-order valence-corrected chi connectivity index (χ1v) is 10.3. The van der Waals surface area contributed by atoms with Crippen LogP contribution in [0.1, 0.15) is 5.56 Å². The van der Waals surface area contributed by atoms with Crippen molar-refractivity contribution in [2.24, 2.45) is 0 Å². The van der Waals surface area contributed by atoms with Gasteiger partial charge in [0.15, 0.2) is 11.5 Å². The van der Waals surface area contributed by atoms with Crippen LogP contribution in [-0.2, 0) is 6.54 Å². The van der Waals surface area contributed by atoms with E-state index in [4.69, 9.17) is 14.5 Å². The maximum atomic E-state index is 5.61. The number of hydrogen-bond acceptors (Lipinski definition) is 3. The number of aromatic nitrogens is 2. The number of benzene rings is 4. The van der Waals surface area contributed by atoms with Gasteiger partial charge in [-0.05, 0) is 40.6 Å². The van der Waals surface area contributed by atoms with Crippen molar-refractivity contribution < 1.29 is 9.47 Å². The Morgan fingerprint density at radius 1 is 0.710 bits per heavy atom. The van der Waals surface area contributed by atoms with Crippen LogP contribution in [0.15, 0.2) is 97.3 Å². The van der Waals surface area contributed by atoms with Crippen LogP contribution in [0.5, 0.6) is 11.5 Å². The van der Waals surface area contributed by atoms with Crippen LogP contribution in [-0.4, -0.2) is 16.3 Å². The quantitative estimate of drug-likeness (QED) is 0.361. The van der Waals surface area contributed by atoms with Crippen LogP contribution in [0.4, 0.5) is 0 Å². The SMILES string of the molecule is c1ccc(Cn2cnc(-c3ccc4c(c3)OCO4)c2-c2ccc3ccccc3c2)cc1.